The van der Waals surface area contributed by atoms with Crippen molar-refractivity contribution in [3.8, 4) is 22.6 Å². The summed E-state index contributed by atoms with van der Waals surface area (Å²) in [5.74, 6) is 0.903. The van der Waals surface area contributed by atoms with Gasteiger partial charge < -0.3 is 4.98 Å². The summed E-state index contributed by atoms with van der Waals surface area (Å²) in [6.45, 7) is 2.04. The summed E-state index contributed by atoms with van der Waals surface area (Å²) in [4.78, 5) is 12.0. The van der Waals surface area contributed by atoms with Crippen molar-refractivity contribution in [1.82, 2.24) is 15.0 Å². The molecule has 0 saturated carbocycles. The van der Waals surface area contributed by atoms with Crippen molar-refractivity contribution >= 4 is 0 Å². The molecule has 0 fully saturated rings. The van der Waals surface area contributed by atoms with E-state index < -0.39 is 0 Å². The molecule has 0 aliphatic heterocycles. The van der Waals surface area contributed by atoms with Crippen LogP contribution in [0.25, 0.3) is 22.6 Å². The van der Waals surface area contributed by atoms with Crippen molar-refractivity contribution in [2.75, 3.05) is 0 Å². The number of hydrogen-bond donors (Lipinski definition) is 1. The van der Waals surface area contributed by atoms with Crippen LogP contribution in [0.1, 0.15) is 5.69 Å². The first-order valence-corrected chi connectivity index (χ1v) is 5.87. The van der Waals surface area contributed by atoms with E-state index in [0.29, 0.717) is 0 Å². The normalized spacial score (nSPS) is 10.5. The second kappa shape index (κ2) is 4.45. The Morgan fingerprint density at radius 2 is 1.61 bits per heavy atom. The molecule has 1 aromatic carbocycles. The van der Waals surface area contributed by atoms with Gasteiger partial charge in [-0.25, -0.2) is 4.98 Å². The van der Waals surface area contributed by atoms with Gasteiger partial charge in [-0.2, -0.15) is 0 Å². The maximum absolute atomic E-state index is 4.67. The molecule has 0 radical (unpaired) electrons. The molecule has 0 saturated heterocycles. The summed E-state index contributed by atoms with van der Waals surface area (Å²) < 4.78 is 0. The van der Waals surface area contributed by atoms with Gasteiger partial charge in [0, 0.05) is 29.2 Å². The van der Waals surface area contributed by atoms with E-state index in [1.807, 2.05) is 37.3 Å². The molecule has 2 heterocycles. The number of nitrogens with one attached hydrogen (secondary N) is 1. The highest BCUT2D eigenvalue weighted by Gasteiger charge is 2.09. The van der Waals surface area contributed by atoms with Crippen LogP contribution in [0.3, 0.4) is 0 Å². The van der Waals surface area contributed by atoms with Crippen LogP contribution in [0.5, 0.6) is 0 Å². The summed E-state index contributed by atoms with van der Waals surface area (Å²) in [6, 6.07) is 14.1. The highest BCUT2D eigenvalue weighted by Crippen LogP contribution is 2.24. The molecule has 0 spiro atoms. The van der Waals surface area contributed by atoms with Gasteiger partial charge in [0.15, 0.2) is 0 Å². The molecule has 18 heavy (non-hydrogen) atoms. The first-order chi connectivity index (χ1) is 8.84. The van der Waals surface area contributed by atoms with E-state index in [1.54, 1.807) is 12.4 Å². The first-order valence-electron chi connectivity index (χ1n) is 5.87. The quantitative estimate of drug-likeness (QED) is 0.739. The van der Waals surface area contributed by atoms with Crippen LogP contribution < -0.4 is 0 Å². The van der Waals surface area contributed by atoms with E-state index >= 15 is 0 Å². The van der Waals surface area contributed by atoms with E-state index in [4.69, 9.17) is 0 Å². The zero-order valence-corrected chi connectivity index (χ0v) is 10.1. The maximum Gasteiger partial charge on any atom is 0.138 e. The number of hydrogen-bond acceptors (Lipinski definition) is 2. The average Bonchev–Trinajstić information content (AvgIpc) is 2.83. The second-order valence-electron chi connectivity index (χ2n) is 4.16. The summed E-state index contributed by atoms with van der Waals surface area (Å²) in [5, 5.41) is 0. The van der Waals surface area contributed by atoms with E-state index in [9.17, 15) is 0 Å². The molecule has 3 nitrogen and oxygen atoms in total. The van der Waals surface area contributed by atoms with Crippen LogP contribution in [0, 0.1) is 6.92 Å². The third-order valence-corrected chi connectivity index (χ3v) is 2.89. The van der Waals surface area contributed by atoms with E-state index in [-0.39, 0.29) is 0 Å². The molecular formula is C15H13N3. The third-order valence-electron chi connectivity index (χ3n) is 2.89. The molecule has 3 heteroatoms. The van der Waals surface area contributed by atoms with Crippen LogP contribution >= 0.6 is 0 Å². The number of pyridine rings is 1. The van der Waals surface area contributed by atoms with Gasteiger partial charge in [-0.05, 0) is 19.1 Å². The molecule has 2 aromatic heterocycles. The lowest BCUT2D eigenvalue weighted by Crippen LogP contribution is -1.81. The molecule has 0 aliphatic carbocycles. The molecule has 3 rings (SSSR count). The van der Waals surface area contributed by atoms with Crippen molar-refractivity contribution < 1.29 is 0 Å². The van der Waals surface area contributed by atoms with Crippen LogP contribution in [0.15, 0.2) is 54.9 Å². The fraction of sp³-hybridized carbons (Fsp3) is 0.0667. The highest BCUT2D eigenvalue weighted by molar-refractivity contribution is 5.66. The van der Waals surface area contributed by atoms with Crippen LogP contribution in [-0.4, -0.2) is 15.0 Å². The summed E-state index contributed by atoms with van der Waals surface area (Å²) in [6.07, 6.45) is 3.57. The van der Waals surface area contributed by atoms with Crippen LogP contribution in [-0.2, 0) is 0 Å². The minimum Gasteiger partial charge on any atom is -0.342 e. The van der Waals surface area contributed by atoms with Gasteiger partial charge in [-0.15, -0.1) is 0 Å². The van der Waals surface area contributed by atoms with Gasteiger partial charge >= 0.3 is 0 Å². The number of aromatic amines is 1. The lowest BCUT2D eigenvalue weighted by molar-refractivity contribution is 1.25. The van der Waals surface area contributed by atoms with Crippen molar-refractivity contribution in [3.05, 3.63) is 60.6 Å². The monoisotopic (exact) mass is 235 g/mol. The molecular weight excluding hydrogens is 222 g/mol. The Kier molecular flexibility index (Phi) is 2.65. The van der Waals surface area contributed by atoms with Gasteiger partial charge in [-0.1, -0.05) is 30.3 Å². The Bertz CT molecular complexity index is 642. The predicted octanol–water partition coefficient (Wildman–Crippen LogP) is 3.45. The Hall–Kier alpha value is -2.42. The zero-order valence-electron chi connectivity index (χ0n) is 10.1. The number of benzene rings is 1. The number of rotatable bonds is 2. The van der Waals surface area contributed by atoms with Crippen LogP contribution in [0.2, 0.25) is 0 Å². The molecule has 0 bridgehead atoms. The average molecular weight is 235 g/mol. The lowest BCUT2D eigenvalue weighted by atomic mass is 10.2. The Balaban J connectivity index is 2.07. The fourth-order valence-electron chi connectivity index (χ4n) is 1.98. The number of imidazole rings is 1. The maximum atomic E-state index is 4.67. The second-order valence-corrected chi connectivity index (χ2v) is 4.16. The third kappa shape index (κ3) is 1.91. The predicted molar refractivity (Wildman–Crippen MR) is 72.0 cm³/mol. The van der Waals surface area contributed by atoms with Gasteiger partial charge in [-0.3, -0.25) is 4.98 Å². The van der Waals surface area contributed by atoms with E-state index in [0.717, 1.165) is 28.3 Å². The molecule has 1 N–H and O–H groups in total. The lowest BCUT2D eigenvalue weighted by Gasteiger charge is -1.96. The number of aryl methyl sites for hydroxylation is 1. The Labute approximate surface area is 106 Å². The SMILES string of the molecule is Cc1[nH]c(-c2ccccc2)nc1-c1ccncc1. The minimum absolute atomic E-state index is 0.903. The fourth-order valence-corrected chi connectivity index (χ4v) is 1.98. The van der Waals surface area contributed by atoms with E-state index in [2.05, 4.69) is 27.1 Å². The Morgan fingerprint density at radius 3 is 2.33 bits per heavy atom. The van der Waals surface area contributed by atoms with Gasteiger partial charge in [0.05, 0.1) is 5.69 Å². The van der Waals surface area contributed by atoms with E-state index in [1.165, 1.54) is 0 Å². The molecule has 0 aliphatic rings. The highest BCUT2D eigenvalue weighted by atomic mass is 14.9. The summed E-state index contributed by atoms with van der Waals surface area (Å²) in [5.41, 5.74) is 4.23. The summed E-state index contributed by atoms with van der Waals surface area (Å²) in [7, 11) is 0. The molecule has 88 valence electrons. The topological polar surface area (TPSA) is 41.6 Å². The zero-order chi connectivity index (χ0) is 12.4. The van der Waals surface area contributed by atoms with Gasteiger partial charge in [0.1, 0.15) is 5.82 Å². The standard InChI is InChI=1S/C15H13N3/c1-11-14(12-7-9-16-10-8-12)18-15(17-11)13-5-3-2-4-6-13/h2-10H,1H3,(H,17,18). The number of aromatic nitrogens is 3. The van der Waals surface area contributed by atoms with Crippen molar-refractivity contribution in [2.45, 2.75) is 6.92 Å². The summed E-state index contributed by atoms with van der Waals surface area (Å²) >= 11 is 0. The Morgan fingerprint density at radius 1 is 0.889 bits per heavy atom. The van der Waals surface area contributed by atoms with Crippen molar-refractivity contribution in [3.63, 3.8) is 0 Å². The van der Waals surface area contributed by atoms with Gasteiger partial charge in [0.25, 0.3) is 0 Å². The molecule has 3 aromatic rings. The van der Waals surface area contributed by atoms with Crippen molar-refractivity contribution in [1.29, 1.82) is 0 Å². The first kappa shape index (κ1) is 10.7. The number of H-pyrrole nitrogens is 1. The largest absolute Gasteiger partial charge is 0.342 e. The minimum atomic E-state index is 0.903. The smallest absolute Gasteiger partial charge is 0.138 e. The van der Waals surface area contributed by atoms with Gasteiger partial charge in [0.2, 0.25) is 0 Å². The number of nitrogens with zero attached hydrogens (tertiary/aromatic N) is 2. The molecule has 0 atom stereocenters. The molecule has 0 amide bonds. The van der Waals surface area contributed by atoms with Crippen LogP contribution in [0.4, 0.5) is 0 Å². The molecule has 0 unspecified atom stereocenters. The van der Waals surface area contributed by atoms with Crippen molar-refractivity contribution in [2.24, 2.45) is 0 Å².